The van der Waals surface area contributed by atoms with Crippen LogP contribution in [0.3, 0.4) is 0 Å². The Bertz CT molecular complexity index is 950. The molecule has 6 nitrogen and oxygen atoms in total. The van der Waals surface area contributed by atoms with E-state index in [1.165, 1.54) is 18.2 Å². The zero-order chi connectivity index (χ0) is 19.7. The van der Waals surface area contributed by atoms with Crippen LogP contribution in [-0.2, 0) is 16.0 Å². The first-order chi connectivity index (χ1) is 13.5. The lowest BCUT2D eigenvalue weighted by Gasteiger charge is -2.25. The molecule has 1 unspecified atom stereocenters. The van der Waals surface area contributed by atoms with Crippen LogP contribution < -0.4 is 20.1 Å². The van der Waals surface area contributed by atoms with Gasteiger partial charge in [0.05, 0.1) is 10.9 Å². The summed E-state index contributed by atoms with van der Waals surface area (Å²) >= 11 is 6.23. The van der Waals surface area contributed by atoms with Gasteiger partial charge in [0, 0.05) is 18.7 Å². The predicted molar refractivity (Wildman–Crippen MR) is 102 cm³/mol. The van der Waals surface area contributed by atoms with Gasteiger partial charge in [-0.1, -0.05) is 17.7 Å². The molecule has 1 atom stereocenters. The number of hydrogen-bond donors (Lipinski definition) is 2. The molecule has 0 aliphatic carbocycles. The van der Waals surface area contributed by atoms with Gasteiger partial charge in [0.25, 0.3) is 0 Å². The molecule has 0 saturated carbocycles. The van der Waals surface area contributed by atoms with Crippen LogP contribution in [0.1, 0.15) is 23.5 Å². The number of hydrogen-bond acceptors (Lipinski definition) is 4. The van der Waals surface area contributed by atoms with Crippen LogP contribution in [-0.4, -0.2) is 31.6 Å². The summed E-state index contributed by atoms with van der Waals surface area (Å²) in [5, 5.41) is 5.92. The van der Waals surface area contributed by atoms with E-state index in [9.17, 15) is 14.0 Å². The number of benzene rings is 2. The Balaban J connectivity index is 1.42. The van der Waals surface area contributed by atoms with Crippen LogP contribution >= 0.6 is 11.6 Å². The Morgan fingerprint density at radius 1 is 1.25 bits per heavy atom. The van der Waals surface area contributed by atoms with Crippen molar-refractivity contribution in [3.8, 4) is 11.5 Å². The first-order valence-corrected chi connectivity index (χ1v) is 9.34. The molecule has 2 aliphatic rings. The van der Waals surface area contributed by atoms with Gasteiger partial charge in [0.1, 0.15) is 19.0 Å². The summed E-state index contributed by atoms with van der Waals surface area (Å²) in [4.78, 5) is 24.5. The van der Waals surface area contributed by atoms with Crippen LogP contribution in [0, 0.1) is 5.82 Å². The molecule has 2 aromatic carbocycles. The Kier molecular flexibility index (Phi) is 5.09. The number of rotatable bonds is 4. The Morgan fingerprint density at radius 3 is 2.93 bits per heavy atom. The molecular weight excluding hydrogens is 387 g/mol. The number of fused-ring (bicyclic) bond motifs is 2. The first kappa shape index (κ1) is 18.6. The highest BCUT2D eigenvalue weighted by atomic mass is 35.5. The Morgan fingerprint density at radius 2 is 2.07 bits per heavy atom. The summed E-state index contributed by atoms with van der Waals surface area (Å²) in [6.07, 6.45) is 0.567. The van der Waals surface area contributed by atoms with Crippen molar-refractivity contribution >= 4 is 29.1 Å². The van der Waals surface area contributed by atoms with E-state index >= 15 is 0 Å². The molecule has 2 aliphatic heterocycles. The van der Waals surface area contributed by atoms with E-state index in [2.05, 4.69) is 10.6 Å². The second-order valence-corrected chi connectivity index (χ2v) is 7.09. The molecule has 8 heteroatoms. The number of anilines is 1. The van der Waals surface area contributed by atoms with Gasteiger partial charge in [-0.05, 0) is 41.8 Å². The van der Waals surface area contributed by atoms with Crippen LogP contribution in [0.15, 0.2) is 30.3 Å². The highest BCUT2D eigenvalue weighted by Crippen LogP contribution is 2.38. The average molecular weight is 405 g/mol. The van der Waals surface area contributed by atoms with Gasteiger partial charge in [-0.2, -0.15) is 0 Å². The molecular formula is C20H18ClFN2O4. The van der Waals surface area contributed by atoms with Gasteiger partial charge in [-0.3, -0.25) is 9.59 Å². The molecule has 146 valence electrons. The van der Waals surface area contributed by atoms with Crippen LogP contribution in [0.4, 0.5) is 10.1 Å². The van der Waals surface area contributed by atoms with Crippen molar-refractivity contribution in [3.63, 3.8) is 0 Å². The summed E-state index contributed by atoms with van der Waals surface area (Å²) in [5.74, 6) is -0.551. The molecule has 2 N–H and O–H groups in total. The van der Waals surface area contributed by atoms with E-state index in [-0.39, 0.29) is 18.2 Å². The zero-order valence-electron chi connectivity index (χ0n) is 14.9. The van der Waals surface area contributed by atoms with Gasteiger partial charge < -0.3 is 20.1 Å². The lowest BCUT2D eigenvalue weighted by atomic mass is 9.89. The van der Waals surface area contributed by atoms with Crippen molar-refractivity contribution in [3.05, 3.63) is 52.3 Å². The quantitative estimate of drug-likeness (QED) is 0.821. The van der Waals surface area contributed by atoms with Gasteiger partial charge >= 0.3 is 0 Å². The number of carbonyl (C=O) groups is 2. The van der Waals surface area contributed by atoms with E-state index < -0.39 is 11.7 Å². The maximum absolute atomic E-state index is 13.4. The Labute approximate surface area is 166 Å². The SMILES string of the molecule is O=C1CC(C(=O)NCCc2cc(Cl)c3c(c2)OCCO3)c2ccc(F)cc2N1. The summed E-state index contributed by atoms with van der Waals surface area (Å²) in [7, 11) is 0. The zero-order valence-corrected chi connectivity index (χ0v) is 15.6. The topological polar surface area (TPSA) is 76.7 Å². The fourth-order valence-electron chi connectivity index (χ4n) is 3.43. The molecule has 2 heterocycles. The average Bonchev–Trinajstić information content (AvgIpc) is 2.67. The van der Waals surface area contributed by atoms with E-state index in [1.54, 1.807) is 6.07 Å². The minimum Gasteiger partial charge on any atom is -0.486 e. The van der Waals surface area contributed by atoms with Crippen molar-refractivity contribution in [2.45, 2.75) is 18.8 Å². The fraction of sp³-hybridized carbons (Fsp3) is 0.300. The van der Waals surface area contributed by atoms with Crippen molar-refractivity contribution < 1.29 is 23.5 Å². The van der Waals surface area contributed by atoms with Gasteiger partial charge in [-0.25, -0.2) is 4.39 Å². The number of halogens is 2. The second-order valence-electron chi connectivity index (χ2n) is 6.68. The molecule has 0 saturated heterocycles. The molecule has 0 spiro atoms. The maximum atomic E-state index is 13.4. The molecule has 0 fully saturated rings. The molecule has 2 aromatic rings. The lowest BCUT2D eigenvalue weighted by molar-refractivity contribution is -0.126. The number of ether oxygens (including phenoxy) is 2. The monoisotopic (exact) mass is 404 g/mol. The maximum Gasteiger partial charge on any atom is 0.228 e. The van der Waals surface area contributed by atoms with Crippen LogP contribution in [0.5, 0.6) is 11.5 Å². The summed E-state index contributed by atoms with van der Waals surface area (Å²) < 4.78 is 24.5. The Hall–Kier alpha value is -2.80. The van der Waals surface area contributed by atoms with Crippen molar-refractivity contribution in [1.29, 1.82) is 0 Å². The molecule has 0 aromatic heterocycles. The van der Waals surface area contributed by atoms with Crippen molar-refractivity contribution in [2.24, 2.45) is 0 Å². The van der Waals surface area contributed by atoms with Gasteiger partial charge in [0.15, 0.2) is 11.5 Å². The number of amides is 2. The van der Waals surface area contributed by atoms with E-state index in [0.717, 1.165) is 5.56 Å². The molecule has 28 heavy (non-hydrogen) atoms. The smallest absolute Gasteiger partial charge is 0.228 e. The minimum atomic E-state index is -0.645. The second kappa shape index (κ2) is 7.67. The third-order valence-electron chi connectivity index (χ3n) is 4.74. The highest BCUT2D eigenvalue weighted by molar-refractivity contribution is 6.32. The highest BCUT2D eigenvalue weighted by Gasteiger charge is 2.30. The summed E-state index contributed by atoms with van der Waals surface area (Å²) in [5.41, 5.74) is 1.86. The van der Waals surface area contributed by atoms with Crippen LogP contribution in [0.2, 0.25) is 5.02 Å². The van der Waals surface area contributed by atoms with E-state index in [0.29, 0.717) is 54.0 Å². The van der Waals surface area contributed by atoms with Crippen molar-refractivity contribution in [2.75, 3.05) is 25.1 Å². The molecule has 2 amide bonds. The number of nitrogens with one attached hydrogen (secondary N) is 2. The molecule has 4 rings (SSSR count). The van der Waals surface area contributed by atoms with Crippen molar-refractivity contribution in [1.82, 2.24) is 5.32 Å². The van der Waals surface area contributed by atoms with E-state index in [1.807, 2.05) is 6.07 Å². The van der Waals surface area contributed by atoms with Gasteiger partial charge in [-0.15, -0.1) is 0 Å². The third-order valence-corrected chi connectivity index (χ3v) is 5.02. The van der Waals surface area contributed by atoms with E-state index in [4.69, 9.17) is 21.1 Å². The van der Waals surface area contributed by atoms with Gasteiger partial charge in [0.2, 0.25) is 11.8 Å². The number of carbonyl (C=O) groups excluding carboxylic acids is 2. The lowest BCUT2D eigenvalue weighted by Crippen LogP contribution is -2.36. The largest absolute Gasteiger partial charge is 0.486 e. The molecule has 0 bridgehead atoms. The standard InChI is InChI=1S/C20H18ClFN2O4/c21-15-7-11(8-17-19(15)28-6-5-27-17)3-4-23-20(26)14-10-18(25)24-16-9-12(22)1-2-13(14)16/h1-2,7-9,14H,3-6,10H2,(H,23,26)(H,24,25). The minimum absolute atomic E-state index is 0.0281. The summed E-state index contributed by atoms with van der Waals surface area (Å²) in [6, 6.07) is 7.68. The normalized spacial score (nSPS) is 17.5. The van der Waals surface area contributed by atoms with Crippen LogP contribution in [0.25, 0.3) is 0 Å². The first-order valence-electron chi connectivity index (χ1n) is 8.96. The molecule has 0 radical (unpaired) electrons. The summed E-state index contributed by atoms with van der Waals surface area (Å²) in [6.45, 7) is 1.29. The third kappa shape index (κ3) is 3.75. The fourth-order valence-corrected chi connectivity index (χ4v) is 3.72. The predicted octanol–water partition coefficient (Wildman–Crippen LogP) is 3.04.